The van der Waals surface area contributed by atoms with Gasteiger partial charge in [0.25, 0.3) is 5.91 Å². The van der Waals surface area contributed by atoms with Crippen molar-refractivity contribution in [3.63, 3.8) is 0 Å². The number of nitrogen functional groups attached to an aromatic ring is 1. The van der Waals surface area contributed by atoms with Crippen LogP contribution in [-0.2, 0) is 0 Å². The van der Waals surface area contributed by atoms with Crippen LogP contribution in [0.25, 0.3) is 0 Å². The molecule has 2 N–H and O–H groups in total. The molecule has 1 aromatic rings. The SMILES string of the molecule is CN1CC[C@@]2(CCCN(C(=O)c3cnc(N)s3)C2)C1. The Morgan fingerprint density at radius 1 is 1.42 bits per heavy atom. The fourth-order valence-electron chi connectivity index (χ4n) is 3.42. The van der Waals surface area contributed by atoms with E-state index in [9.17, 15) is 4.79 Å². The van der Waals surface area contributed by atoms with Crippen LogP contribution in [-0.4, -0.2) is 53.9 Å². The summed E-state index contributed by atoms with van der Waals surface area (Å²) < 4.78 is 0. The van der Waals surface area contributed by atoms with Crippen molar-refractivity contribution in [1.29, 1.82) is 0 Å². The van der Waals surface area contributed by atoms with Crippen molar-refractivity contribution in [3.05, 3.63) is 11.1 Å². The van der Waals surface area contributed by atoms with Crippen LogP contribution >= 0.6 is 11.3 Å². The van der Waals surface area contributed by atoms with E-state index in [0.717, 1.165) is 32.6 Å². The predicted molar refractivity (Wildman–Crippen MR) is 76.2 cm³/mol. The fraction of sp³-hybridized carbons (Fsp3) is 0.692. The highest BCUT2D eigenvalue weighted by atomic mass is 32.1. The van der Waals surface area contributed by atoms with Crippen molar-refractivity contribution in [3.8, 4) is 0 Å². The smallest absolute Gasteiger partial charge is 0.265 e. The van der Waals surface area contributed by atoms with Gasteiger partial charge in [0.2, 0.25) is 0 Å². The van der Waals surface area contributed by atoms with Crippen LogP contribution in [0.5, 0.6) is 0 Å². The molecule has 2 aliphatic heterocycles. The van der Waals surface area contributed by atoms with Crippen LogP contribution < -0.4 is 5.73 Å². The van der Waals surface area contributed by atoms with E-state index in [1.165, 1.54) is 24.2 Å². The molecule has 0 bridgehead atoms. The lowest BCUT2D eigenvalue weighted by atomic mass is 9.79. The van der Waals surface area contributed by atoms with E-state index >= 15 is 0 Å². The molecule has 0 radical (unpaired) electrons. The second-order valence-electron chi connectivity index (χ2n) is 5.88. The number of hydrogen-bond acceptors (Lipinski definition) is 5. The molecular formula is C13H20N4OS. The number of carbonyl (C=O) groups is 1. The van der Waals surface area contributed by atoms with Gasteiger partial charge in [-0.2, -0.15) is 0 Å². The van der Waals surface area contributed by atoms with Gasteiger partial charge in [-0.1, -0.05) is 11.3 Å². The van der Waals surface area contributed by atoms with E-state index in [0.29, 0.717) is 15.4 Å². The summed E-state index contributed by atoms with van der Waals surface area (Å²) in [4.78, 5) is 21.5. The molecule has 2 aliphatic rings. The lowest BCUT2D eigenvalue weighted by Gasteiger charge is -2.40. The molecular weight excluding hydrogens is 260 g/mol. The Labute approximate surface area is 117 Å². The van der Waals surface area contributed by atoms with Gasteiger partial charge >= 0.3 is 0 Å². The number of carbonyl (C=O) groups excluding carboxylic acids is 1. The van der Waals surface area contributed by atoms with Crippen LogP contribution in [0.3, 0.4) is 0 Å². The molecule has 2 fully saturated rings. The Bertz CT molecular complexity index is 485. The topological polar surface area (TPSA) is 62.5 Å². The zero-order valence-corrected chi connectivity index (χ0v) is 12.1. The summed E-state index contributed by atoms with van der Waals surface area (Å²) in [5, 5.41) is 0.468. The lowest BCUT2D eigenvalue weighted by Crippen LogP contribution is -2.47. The number of anilines is 1. The first kappa shape index (κ1) is 12.9. The maximum absolute atomic E-state index is 12.5. The largest absolute Gasteiger partial charge is 0.375 e. The van der Waals surface area contributed by atoms with E-state index in [2.05, 4.69) is 16.9 Å². The second kappa shape index (κ2) is 4.76. The van der Waals surface area contributed by atoms with E-state index in [-0.39, 0.29) is 5.91 Å². The molecule has 0 unspecified atom stereocenters. The Morgan fingerprint density at radius 2 is 2.26 bits per heavy atom. The molecule has 1 spiro atoms. The Hall–Kier alpha value is -1.14. The quantitative estimate of drug-likeness (QED) is 0.842. The molecule has 5 nitrogen and oxygen atoms in total. The summed E-state index contributed by atoms with van der Waals surface area (Å²) in [7, 11) is 2.17. The van der Waals surface area contributed by atoms with Crippen molar-refractivity contribution in [2.45, 2.75) is 19.3 Å². The van der Waals surface area contributed by atoms with E-state index in [4.69, 9.17) is 5.73 Å². The molecule has 0 aromatic carbocycles. The zero-order chi connectivity index (χ0) is 13.5. The third-order valence-corrected chi connectivity index (χ3v) is 5.13. The van der Waals surface area contributed by atoms with E-state index in [1.807, 2.05) is 4.90 Å². The molecule has 3 rings (SSSR count). The van der Waals surface area contributed by atoms with Gasteiger partial charge in [0, 0.05) is 25.0 Å². The van der Waals surface area contributed by atoms with Gasteiger partial charge in [-0.15, -0.1) is 0 Å². The summed E-state index contributed by atoms with van der Waals surface area (Å²) in [6, 6.07) is 0. The van der Waals surface area contributed by atoms with Crippen molar-refractivity contribution in [2.75, 3.05) is 39.0 Å². The third kappa shape index (κ3) is 2.47. The van der Waals surface area contributed by atoms with Crippen LogP contribution in [0.1, 0.15) is 28.9 Å². The highest BCUT2D eigenvalue weighted by Gasteiger charge is 2.41. The lowest BCUT2D eigenvalue weighted by molar-refractivity contribution is 0.0539. The van der Waals surface area contributed by atoms with Gasteiger partial charge in [-0.3, -0.25) is 4.79 Å². The van der Waals surface area contributed by atoms with Crippen LogP contribution in [0, 0.1) is 5.41 Å². The molecule has 19 heavy (non-hydrogen) atoms. The Kier molecular flexibility index (Phi) is 3.22. The molecule has 1 amide bonds. The predicted octanol–water partition coefficient (Wildman–Crippen LogP) is 1.28. The normalized spacial score (nSPS) is 28.2. The van der Waals surface area contributed by atoms with Gasteiger partial charge in [0.15, 0.2) is 5.13 Å². The first-order chi connectivity index (χ1) is 9.08. The fourth-order valence-corrected chi connectivity index (χ4v) is 4.07. The molecule has 1 aromatic heterocycles. The summed E-state index contributed by atoms with van der Waals surface area (Å²) in [6.45, 7) is 4.01. The van der Waals surface area contributed by atoms with Gasteiger partial charge in [-0.25, -0.2) is 4.98 Å². The van der Waals surface area contributed by atoms with E-state index in [1.54, 1.807) is 6.20 Å². The second-order valence-corrected chi connectivity index (χ2v) is 6.94. The van der Waals surface area contributed by atoms with Gasteiger partial charge < -0.3 is 15.5 Å². The number of rotatable bonds is 1. The third-order valence-electron chi connectivity index (χ3n) is 4.31. The van der Waals surface area contributed by atoms with Crippen LogP contribution in [0.4, 0.5) is 5.13 Å². The van der Waals surface area contributed by atoms with Crippen molar-refractivity contribution in [2.24, 2.45) is 5.41 Å². The van der Waals surface area contributed by atoms with Gasteiger partial charge in [0.05, 0.1) is 6.20 Å². The van der Waals surface area contributed by atoms with Gasteiger partial charge in [0.1, 0.15) is 4.88 Å². The van der Waals surface area contributed by atoms with Crippen LogP contribution in [0.15, 0.2) is 6.20 Å². The number of amides is 1. The molecule has 104 valence electrons. The molecule has 0 saturated carbocycles. The summed E-state index contributed by atoms with van der Waals surface area (Å²) in [5.74, 6) is 0.0998. The number of hydrogen-bond donors (Lipinski definition) is 1. The average molecular weight is 280 g/mol. The minimum absolute atomic E-state index is 0.0998. The zero-order valence-electron chi connectivity index (χ0n) is 11.3. The highest BCUT2D eigenvalue weighted by molar-refractivity contribution is 7.17. The molecule has 2 saturated heterocycles. The minimum atomic E-state index is 0.0998. The number of piperidine rings is 1. The summed E-state index contributed by atoms with van der Waals surface area (Å²) in [6.07, 6.45) is 5.16. The maximum atomic E-state index is 12.5. The number of nitrogens with zero attached hydrogens (tertiary/aromatic N) is 3. The standard InChI is InChI=1S/C13H20N4OS/c1-16-6-4-13(8-16)3-2-5-17(9-13)11(18)10-7-15-12(14)19-10/h7H,2-6,8-9H2,1H3,(H2,14,15)/t13-/m0/s1. The Balaban J connectivity index is 1.73. The molecule has 6 heteroatoms. The number of thiazole rings is 1. The molecule has 3 heterocycles. The van der Waals surface area contributed by atoms with Crippen molar-refractivity contribution in [1.82, 2.24) is 14.8 Å². The van der Waals surface area contributed by atoms with Crippen LogP contribution in [0.2, 0.25) is 0 Å². The number of likely N-dealkylation sites (tertiary alicyclic amines) is 2. The Morgan fingerprint density at radius 3 is 2.89 bits per heavy atom. The van der Waals surface area contributed by atoms with Gasteiger partial charge in [-0.05, 0) is 32.9 Å². The monoisotopic (exact) mass is 280 g/mol. The number of aromatic nitrogens is 1. The maximum Gasteiger partial charge on any atom is 0.265 e. The first-order valence-electron chi connectivity index (χ1n) is 6.77. The minimum Gasteiger partial charge on any atom is -0.375 e. The van der Waals surface area contributed by atoms with Crippen molar-refractivity contribution >= 4 is 22.4 Å². The number of nitrogens with two attached hydrogens (primary N) is 1. The first-order valence-corrected chi connectivity index (χ1v) is 7.59. The summed E-state index contributed by atoms with van der Waals surface area (Å²) in [5.41, 5.74) is 5.93. The summed E-state index contributed by atoms with van der Waals surface area (Å²) >= 11 is 1.29. The molecule has 0 aliphatic carbocycles. The molecule has 1 atom stereocenters. The highest BCUT2D eigenvalue weighted by Crippen LogP contribution is 2.38. The average Bonchev–Trinajstić information content (AvgIpc) is 2.96. The van der Waals surface area contributed by atoms with E-state index < -0.39 is 0 Å². The van der Waals surface area contributed by atoms with Crippen molar-refractivity contribution < 1.29 is 4.79 Å².